The van der Waals surface area contributed by atoms with Gasteiger partial charge in [-0.15, -0.1) is 0 Å². The first kappa shape index (κ1) is 14.7. The number of aromatic amines is 1. The van der Waals surface area contributed by atoms with Crippen LogP contribution in [0.5, 0.6) is 0 Å². The third kappa shape index (κ3) is 2.10. The van der Waals surface area contributed by atoms with E-state index >= 15 is 0 Å². The minimum Gasteiger partial charge on any atom is -0.369 e. The molecular weight excluding hydrogens is 328 g/mol. The second kappa shape index (κ2) is 5.19. The van der Waals surface area contributed by atoms with Crippen molar-refractivity contribution in [2.45, 2.75) is 6.42 Å². The van der Waals surface area contributed by atoms with Crippen molar-refractivity contribution in [3.63, 3.8) is 0 Å². The summed E-state index contributed by atoms with van der Waals surface area (Å²) in [5.41, 5.74) is 12.1. The predicted molar refractivity (Wildman–Crippen MR) is 102 cm³/mol. The highest BCUT2D eigenvalue weighted by atomic mass is 16.1. The molecule has 0 saturated heterocycles. The molecule has 0 aliphatic heterocycles. The molecule has 2 heterocycles. The van der Waals surface area contributed by atoms with Crippen molar-refractivity contribution in [3.05, 3.63) is 63.9 Å². The summed E-state index contributed by atoms with van der Waals surface area (Å²) >= 11 is 0. The van der Waals surface area contributed by atoms with Crippen LogP contribution in [0.15, 0.2) is 47.3 Å². The fraction of sp³-hybridized carbons (Fsp3) is 0.105. The van der Waals surface area contributed by atoms with Gasteiger partial charge in [-0.2, -0.15) is 4.98 Å². The van der Waals surface area contributed by atoms with Crippen LogP contribution in [0.4, 0.5) is 17.6 Å². The number of nitrogens with one attached hydrogen (secondary N) is 2. The molecule has 0 spiro atoms. The van der Waals surface area contributed by atoms with Crippen LogP contribution in [0, 0.1) is 0 Å². The molecule has 7 nitrogen and oxygen atoms in total. The van der Waals surface area contributed by atoms with Gasteiger partial charge in [0.2, 0.25) is 11.9 Å². The van der Waals surface area contributed by atoms with Crippen LogP contribution in [0.1, 0.15) is 11.1 Å². The third-order valence-electron chi connectivity index (χ3n) is 4.80. The highest BCUT2D eigenvalue weighted by molar-refractivity contribution is 5.80. The molecule has 2 aromatic heterocycles. The van der Waals surface area contributed by atoms with Gasteiger partial charge in [0.05, 0.1) is 0 Å². The molecule has 5 rings (SSSR count). The van der Waals surface area contributed by atoms with Crippen molar-refractivity contribution in [1.82, 2.24) is 19.5 Å². The van der Waals surface area contributed by atoms with Crippen LogP contribution in [-0.2, 0) is 13.5 Å². The third-order valence-corrected chi connectivity index (χ3v) is 4.80. The van der Waals surface area contributed by atoms with Crippen molar-refractivity contribution < 1.29 is 0 Å². The number of nitrogen functional groups attached to an aromatic ring is 1. The van der Waals surface area contributed by atoms with Crippen LogP contribution < -0.4 is 16.6 Å². The van der Waals surface area contributed by atoms with Gasteiger partial charge in [0.15, 0.2) is 11.2 Å². The Bertz CT molecular complexity index is 1240. The van der Waals surface area contributed by atoms with Crippen molar-refractivity contribution in [3.8, 4) is 11.1 Å². The van der Waals surface area contributed by atoms with Crippen LogP contribution in [-0.4, -0.2) is 19.5 Å². The molecule has 0 bridgehead atoms. The summed E-state index contributed by atoms with van der Waals surface area (Å²) in [6.07, 6.45) is 0.918. The van der Waals surface area contributed by atoms with E-state index in [-0.39, 0.29) is 17.0 Å². The summed E-state index contributed by atoms with van der Waals surface area (Å²) in [5, 5.41) is 3.28. The molecule has 1 aliphatic rings. The Morgan fingerprint density at radius 2 is 1.92 bits per heavy atom. The van der Waals surface area contributed by atoms with Gasteiger partial charge in [0.1, 0.15) is 0 Å². The van der Waals surface area contributed by atoms with Gasteiger partial charge in [-0.05, 0) is 40.8 Å². The van der Waals surface area contributed by atoms with Gasteiger partial charge in [-0.3, -0.25) is 14.3 Å². The summed E-state index contributed by atoms with van der Waals surface area (Å²) in [7, 11) is 1.80. The molecule has 0 saturated carbocycles. The summed E-state index contributed by atoms with van der Waals surface area (Å²) in [5.74, 6) is 0.617. The summed E-state index contributed by atoms with van der Waals surface area (Å²) in [6.45, 7) is 0. The molecule has 0 radical (unpaired) electrons. The molecule has 0 amide bonds. The minimum atomic E-state index is -0.347. The minimum absolute atomic E-state index is 0.0762. The molecule has 7 heteroatoms. The molecule has 2 aromatic carbocycles. The standard InChI is InChI=1S/C19H16N6O/c1-25-16-15(17(26)24-18(20)23-16)22-19(25)21-12-6-7-14-11(9-12)8-10-4-2-3-5-13(10)14/h2-7,9H,8H2,1H3,(H,21,22)(H3,20,23,24,26). The monoisotopic (exact) mass is 344 g/mol. The van der Waals surface area contributed by atoms with Crippen LogP contribution >= 0.6 is 0 Å². The topological polar surface area (TPSA) is 102 Å². The van der Waals surface area contributed by atoms with Gasteiger partial charge >= 0.3 is 0 Å². The van der Waals surface area contributed by atoms with Crippen molar-refractivity contribution in [1.29, 1.82) is 0 Å². The van der Waals surface area contributed by atoms with Crippen molar-refractivity contribution >= 4 is 28.7 Å². The maximum absolute atomic E-state index is 12.0. The zero-order valence-corrected chi connectivity index (χ0v) is 14.1. The molecule has 26 heavy (non-hydrogen) atoms. The lowest BCUT2D eigenvalue weighted by atomic mass is 10.1. The number of nitrogens with two attached hydrogens (primary N) is 1. The lowest BCUT2D eigenvalue weighted by Gasteiger charge is -2.08. The largest absolute Gasteiger partial charge is 0.369 e. The highest BCUT2D eigenvalue weighted by Crippen LogP contribution is 2.38. The van der Waals surface area contributed by atoms with Gasteiger partial charge < -0.3 is 11.1 Å². The number of benzene rings is 2. The molecule has 1 aliphatic carbocycles. The Balaban J connectivity index is 1.54. The lowest BCUT2D eigenvalue weighted by molar-refractivity contribution is 0.939. The Kier molecular flexibility index (Phi) is 2.94. The van der Waals surface area contributed by atoms with Crippen molar-refractivity contribution in [2.75, 3.05) is 11.1 Å². The van der Waals surface area contributed by atoms with E-state index in [9.17, 15) is 4.79 Å². The number of H-pyrrole nitrogens is 1. The van der Waals surface area contributed by atoms with Crippen LogP contribution in [0.25, 0.3) is 22.3 Å². The summed E-state index contributed by atoms with van der Waals surface area (Å²) < 4.78 is 1.73. The molecule has 128 valence electrons. The lowest BCUT2D eigenvalue weighted by Crippen LogP contribution is -2.11. The number of aromatic nitrogens is 4. The Hall–Kier alpha value is -3.61. The normalized spacial score (nSPS) is 12.2. The number of fused-ring (bicyclic) bond motifs is 4. The maximum Gasteiger partial charge on any atom is 0.280 e. The molecule has 0 atom stereocenters. The van der Waals surface area contributed by atoms with Crippen molar-refractivity contribution in [2.24, 2.45) is 7.05 Å². The zero-order chi connectivity index (χ0) is 17.8. The molecule has 0 fully saturated rings. The van der Waals surface area contributed by atoms with Crippen LogP contribution in [0.3, 0.4) is 0 Å². The first-order valence-electron chi connectivity index (χ1n) is 8.30. The average Bonchev–Trinajstić information content (AvgIpc) is 3.14. The van der Waals surface area contributed by atoms with Gasteiger partial charge in [0.25, 0.3) is 5.56 Å². The number of aryl methyl sites for hydroxylation is 1. The number of hydrogen-bond donors (Lipinski definition) is 3. The predicted octanol–water partition coefficient (Wildman–Crippen LogP) is 2.55. The number of anilines is 3. The Morgan fingerprint density at radius 1 is 1.12 bits per heavy atom. The molecule has 4 N–H and O–H groups in total. The zero-order valence-electron chi connectivity index (χ0n) is 14.1. The summed E-state index contributed by atoms with van der Waals surface area (Å²) in [6, 6.07) is 14.7. The smallest absolute Gasteiger partial charge is 0.280 e. The van der Waals surface area contributed by atoms with E-state index in [1.54, 1.807) is 11.6 Å². The van der Waals surface area contributed by atoms with Crippen LogP contribution in [0.2, 0.25) is 0 Å². The van der Waals surface area contributed by atoms with E-state index in [1.807, 2.05) is 6.07 Å². The van der Waals surface area contributed by atoms with E-state index in [1.165, 1.54) is 22.3 Å². The number of nitrogens with zero attached hydrogens (tertiary/aromatic N) is 3. The second-order valence-corrected chi connectivity index (χ2v) is 6.45. The number of imidazole rings is 1. The SMILES string of the molecule is Cn1c(Nc2ccc3c(c2)Cc2ccccc2-3)nc2c(=O)[nH]c(N)nc21. The first-order chi connectivity index (χ1) is 12.6. The van der Waals surface area contributed by atoms with Gasteiger partial charge in [0, 0.05) is 12.7 Å². The Labute approximate surface area is 148 Å². The maximum atomic E-state index is 12.0. The molecular formula is C19H16N6O. The van der Waals surface area contributed by atoms with E-state index in [0.29, 0.717) is 11.6 Å². The van der Waals surface area contributed by atoms with Gasteiger partial charge in [-0.1, -0.05) is 30.3 Å². The first-order valence-corrected chi connectivity index (χ1v) is 8.30. The fourth-order valence-electron chi connectivity index (χ4n) is 3.55. The number of rotatable bonds is 2. The Morgan fingerprint density at radius 3 is 2.81 bits per heavy atom. The second-order valence-electron chi connectivity index (χ2n) is 6.45. The number of hydrogen-bond acceptors (Lipinski definition) is 5. The molecule has 0 unspecified atom stereocenters. The molecule has 4 aromatic rings. The summed E-state index contributed by atoms with van der Waals surface area (Å²) in [4.78, 5) is 23.0. The van der Waals surface area contributed by atoms with Gasteiger partial charge in [-0.25, -0.2) is 4.98 Å². The van der Waals surface area contributed by atoms with E-state index in [4.69, 9.17) is 5.73 Å². The fourth-order valence-corrected chi connectivity index (χ4v) is 3.55. The average molecular weight is 344 g/mol. The quantitative estimate of drug-likeness (QED) is 0.457. The van der Waals surface area contributed by atoms with E-state index < -0.39 is 0 Å². The highest BCUT2D eigenvalue weighted by Gasteiger charge is 2.19. The van der Waals surface area contributed by atoms with E-state index in [2.05, 4.69) is 56.7 Å². The van der Waals surface area contributed by atoms with E-state index in [0.717, 1.165) is 12.1 Å².